The summed E-state index contributed by atoms with van der Waals surface area (Å²) in [7, 11) is -3.51. The molecule has 108 valence electrons. The van der Waals surface area contributed by atoms with Gasteiger partial charge in [-0.15, -0.1) is 12.4 Å². The van der Waals surface area contributed by atoms with E-state index in [4.69, 9.17) is 17.3 Å². The summed E-state index contributed by atoms with van der Waals surface area (Å²) in [5, 5.41) is 0.528. The Kier molecular flexibility index (Phi) is 5.26. The molecule has 0 heterocycles. The van der Waals surface area contributed by atoms with E-state index in [0.29, 0.717) is 10.6 Å². The minimum Gasteiger partial charge on any atom is -0.324 e. The second-order valence-corrected chi connectivity index (χ2v) is 7.12. The fraction of sp³-hybridized carbons (Fsp3) is 0.500. The van der Waals surface area contributed by atoms with Crippen LogP contribution in [0.1, 0.15) is 24.8 Å². The van der Waals surface area contributed by atoms with Crippen LogP contribution < -0.4 is 10.5 Å². The van der Waals surface area contributed by atoms with E-state index in [1.165, 1.54) is 6.07 Å². The number of hydrogen-bond donors (Lipinski definition) is 2. The SMILES string of the molecule is Cc1cc(Cl)ccc1S(=O)(=O)NCC1(N)CCC1.Cl. The fourth-order valence-electron chi connectivity index (χ4n) is 2.04. The monoisotopic (exact) mass is 324 g/mol. The molecule has 0 atom stereocenters. The van der Waals surface area contributed by atoms with Gasteiger partial charge in [0.2, 0.25) is 10.0 Å². The molecule has 3 N–H and O–H groups in total. The predicted octanol–water partition coefficient (Wildman–Crippen LogP) is 2.23. The van der Waals surface area contributed by atoms with Crippen LogP contribution >= 0.6 is 24.0 Å². The lowest BCUT2D eigenvalue weighted by Gasteiger charge is -2.38. The maximum Gasteiger partial charge on any atom is 0.240 e. The van der Waals surface area contributed by atoms with E-state index < -0.39 is 10.0 Å². The second kappa shape index (κ2) is 5.97. The lowest BCUT2D eigenvalue weighted by atomic mass is 9.78. The first-order chi connectivity index (χ1) is 8.32. The van der Waals surface area contributed by atoms with Crippen LogP contribution in [0.25, 0.3) is 0 Å². The first kappa shape index (κ1) is 16.7. The molecule has 2 rings (SSSR count). The van der Waals surface area contributed by atoms with E-state index in [-0.39, 0.29) is 29.4 Å². The molecule has 0 amide bonds. The molecule has 0 saturated heterocycles. The summed E-state index contributed by atoms with van der Waals surface area (Å²) in [6, 6.07) is 4.73. The summed E-state index contributed by atoms with van der Waals surface area (Å²) in [6.07, 6.45) is 2.81. The lowest BCUT2D eigenvalue weighted by Crippen LogP contribution is -2.54. The number of rotatable bonds is 4. The summed E-state index contributed by atoms with van der Waals surface area (Å²) >= 11 is 5.81. The number of sulfonamides is 1. The van der Waals surface area contributed by atoms with Crippen molar-refractivity contribution in [3.63, 3.8) is 0 Å². The van der Waals surface area contributed by atoms with Gasteiger partial charge in [0.1, 0.15) is 0 Å². The highest BCUT2D eigenvalue weighted by Gasteiger charge is 2.33. The topological polar surface area (TPSA) is 72.2 Å². The van der Waals surface area contributed by atoms with Gasteiger partial charge in [0.15, 0.2) is 0 Å². The van der Waals surface area contributed by atoms with Gasteiger partial charge in [0.05, 0.1) is 4.90 Å². The zero-order valence-corrected chi connectivity index (χ0v) is 13.0. The van der Waals surface area contributed by atoms with E-state index in [0.717, 1.165) is 19.3 Å². The fourth-order valence-corrected chi connectivity index (χ4v) is 3.63. The molecule has 0 bridgehead atoms. The van der Waals surface area contributed by atoms with E-state index in [2.05, 4.69) is 4.72 Å². The standard InChI is InChI=1S/C12H17ClN2O2S.ClH/c1-9-7-10(13)3-4-11(9)18(16,17)15-8-12(14)5-2-6-12;/h3-4,7,15H,2,5-6,8,14H2,1H3;1H. The second-order valence-electron chi connectivity index (χ2n) is 4.95. The summed E-state index contributed by atoms with van der Waals surface area (Å²) in [4.78, 5) is 0.259. The Morgan fingerprint density at radius 3 is 2.53 bits per heavy atom. The summed E-state index contributed by atoms with van der Waals surface area (Å²) in [5.41, 5.74) is 6.27. The summed E-state index contributed by atoms with van der Waals surface area (Å²) in [5.74, 6) is 0. The maximum atomic E-state index is 12.1. The smallest absolute Gasteiger partial charge is 0.240 e. The molecule has 0 spiro atoms. The molecule has 7 heteroatoms. The number of nitrogens with two attached hydrogens (primary N) is 1. The number of benzene rings is 1. The first-order valence-corrected chi connectivity index (χ1v) is 7.73. The van der Waals surface area contributed by atoms with Crippen LogP contribution in [-0.4, -0.2) is 20.5 Å². The van der Waals surface area contributed by atoms with Crippen molar-refractivity contribution in [1.82, 2.24) is 4.72 Å². The quantitative estimate of drug-likeness (QED) is 0.892. The van der Waals surface area contributed by atoms with Gasteiger partial charge < -0.3 is 5.73 Å². The van der Waals surface area contributed by atoms with Crippen LogP contribution in [0.4, 0.5) is 0 Å². The molecule has 0 aromatic heterocycles. The third-order valence-corrected chi connectivity index (χ3v) is 5.19. The predicted molar refractivity (Wildman–Crippen MR) is 79.4 cm³/mol. The van der Waals surface area contributed by atoms with E-state index in [1.54, 1.807) is 19.1 Å². The summed E-state index contributed by atoms with van der Waals surface area (Å²) in [6.45, 7) is 2.01. The molecular formula is C12H18Cl2N2O2S. The Labute approximate surface area is 125 Å². The van der Waals surface area contributed by atoms with Crippen molar-refractivity contribution < 1.29 is 8.42 Å². The average molecular weight is 325 g/mol. The third kappa shape index (κ3) is 3.83. The van der Waals surface area contributed by atoms with Gasteiger partial charge in [-0.1, -0.05) is 11.6 Å². The van der Waals surface area contributed by atoms with E-state index in [1.807, 2.05) is 0 Å². The first-order valence-electron chi connectivity index (χ1n) is 5.87. The van der Waals surface area contributed by atoms with Crippen molar-refractivity contribution in [2.24, 2.45) is 5.73 Å². The van der Waals surface area contributed by atoms with Gasteiger partial charge in [-0.3, -0.25) is 0 Å². The molecule has 1 aromatic carbocycles. The molecule has 1 aromatic rings. The molecule has 4 nitrogen and oxygen atoms in total. The van der Waals surface area contributed by atoms with Gasteiger partial charge >= 0.3 is 0 Å². The normalized spacial score (nSPS) is 17.4. The highest BCUT2D eigenvalue weighted by Crippen LogP contribution is 2.29. The molecule has 0 radical (unpaired) electrons. The van der Waals surface area contributed by atoms with Crippen molar-refractivity contribution in [3.05, 3.63) is 28.8 Å². The molecule has 19 heavy (non-hydrogen) atoms. The Bertz CT molecular complexity index is 557. The Morgan fingerprint density at radius 2 is 2.05 bits per heavy atom. The average Bonchev–Trinajstić information content (AvgIpc) is 2.23. The molecule has 1 fully saturated rings. The van der Waals surface area contributed by atoms with E-state index in [9.17, 15) is 8.42 Å². The molecule has 0 unspecified atom stereocenters. The maximum absolute atomic E-state index is 12.1. The van der Waals surface area contributed by atoms with Crippen molar-refractivity contribution in [2.75, 3.05) is 6.54 Å². The van der Waals surface area contributed by atoms with Gasteiger partial charge in [-0.2, -0.15) is 0 Å². The number of nitrogens with one attached hydrogen (secondary N) is 1. The van der Waals surface area contributed by atoms with Crippen LogP contribution in [0, 0.1) is 6.92 Å². The largest absolute Gasteiger partial charge is 0.324 e. The van der Waals surface area contributed by atoms with Crippen LogP contribution in [0.3, 0.4) is 0 Å². The minimum absolute atomic E-state index is 0. The lowest BCUT2D eigenvalue weighted by molar-refractivity contribution is 0.251. The van der Waals surface area contributed by atoms with Gasteiger partial charge in [0.25, 0.3) is 0 Å². The van der Waals surface area contributed by atoms with Crippen LogP contribution in [0.15, 0.2) is 23.1 Å². The summed E-state index contributed by atoms with van der Waals surface area (Å²) < 4.78 is 26.9. The molecule has 0 aliphatic heterocycles. The van der Waals surface area contributed by atoms with E-state index >= 15 is 0 Å². The van der Waals surface area contributed by atoms with Crippen molar-refractivity contribution in [1.29, 1.82) is 0 Å². The van der Waals surface area contributed by atoms with Crippen LogP contribution in [-0.2, 0) is 10.0 Å². The molecular weight excluding hydrogens is 307 g/mol. The number of hydrogen-bond acceptors (Lipinski definition) is 3. The molecule has 1 saturated carbocycles. The van der Waals surface area contributed by atoms with Crippen molar-refractivity contribution >= 4 is 34.0 Å². The highest BCUT2D eigenvalue weighted by molar-refractivity contribution is 7.89. The third-order valence-electron chi connectivity index (χ3n) is 3.39. The minimum atomic E-state index is -3.51. The van der Waals surface area contributed by atoms with Gasteiger partial charge in [-0.25, -0.2) is 13.1 Å². The van der Waals surface area contributed by atoms with Crippen LogP contribution in [0.2, 0.25) is 5.02 Å². The van der Waals surface area contributed by atoms with Crippen molar-refractivity contribution in [2.45, 2.75) is 36.6 Å². The Hall–Kier alpha value is -0.330. The zero-order valence-electron chi connectivity index (χ0n) is 10.6. The molecule has 1 aliphatic rings. The Morgan fingerprint density at radius 1 is 1.42 bits per heavy atom. The highest BCUT2D eigenvalue weighted by atomic mass is 35.5. The number of halogens is 2. The molecule has 1 aliphatic carbocycles. The number of aryl methyl sites for hydroxylation is 1. The zero-order chi connectivity index (χ0) is 13.4. The van der Waals surface area contributed by atoms with Gasteiger partial charge in [0, 0.05) is 17.1 Å². The Balaban J connectivity index is 0.00000180. The van der Waals surface area contributed by atoms with Crippen LogP contribution in [0.5, 0.6) is 0 Å². The van der Waals surface area contributed by atoms with Gasteiger partial charge in [-0.05, 0) is 49.9 Å². The van der Waals surface area contributed by atoms with Crippen molar-refractivity contribution in [3.8, 4) is 0 Å².